The average molecular weight is 286 g/mol. The summed E-state index contributed by atoms with van der Waals surface area (Å²) in [5.41, 5.74) is -0.137. The Kier molecular flexibility index (Phi) is 4.88. The molecule has 0 radical (unpaired) electrons. The number of rotatable bonds is 6. The Balaban J connectivity index is 3.22. The summed E-state index contributed by atoms with van der Waals surface area (Å²) in [5, 5.41) is 14.1. The standard InChI is InChI=1S/C12H18N2O4S/c1-4-9(2)8-13-10-6-5-7-11(19(3,17)18)12(10)14(15)16/h5-7,9,13H,4,8H2,1-3H3. The molecule has 0 bridgehead atoms. The van der Waals surface area contributed by atoms with E-state index in [9.17, 15) is 18.5 Å². The van der Waals surface area contributed by atoms with Crippen molar-refractivity contribution >= 4 is 21.2 Å². The first kappa shape index (κ1) is 15.4. The third-order valence-corrected chi connectivity index (χ3v) is 4.05. The molecule has 1 aromatic rings. The van der Waals surface area contributed by atoms with Crippen molar-refractivity contribution in [2.75, 3.05) is 18.1 Å². The van der Waals surface area contributed by atoms with E-state index >= 15 is 0 Å². The Morgan fingerprint density at radius 1 is 1.42 bits per heavy atom. The average Bonchev–Trinajstić information content (AvgIpc) is 2.34. The summed E-state index contributed by atoms with van der Waals surface area (Å²) in [6.07, 6.45) is 1.90. The van der Waals surface area contributed by atoms with Crippen LogP contribution >= 0.6 is 0 Å². The molecular formula is C12H18N2O4S. The second kappa shape index (κ2) is 6.01. The van der Waals surface area contributed by atoms with Gasteiger partial charge < -0.3 is 5.32 Å². The van der Waals surface area contributed by atoms with Crippen LogP contribution in [0.1, 0.15) is 20.3 Å². The van der Waals surface area contributed by atoms with Gasteiger partial charge in [0.15, 0.2) is 9.84 Å². The minimum absolute atomic E-state index is 0.244. The van der Waals surface area contributed by atoms with Crippen molar-refractivity contribution in [2.45, 2.75) is 25.2 Å². The number of nitrogens with zero attached hydrogens (tertiary/aromatic N) is 1. The zero-order valence-corrected chi connectivity index (χ0v) is 12.0. The molecule has 0 spiro atoms. The fraction of sp³-hybridized carbons (Fsp3) is 0.500. The number of benzene rings is 1. The molecule has 19 heavy (non-hydrogen) atoms. The van der Waals surface area contributed by atoms with E-state index < -0.39 is 14.8 Å². The molecule has 7 heteroatoms. The molecule has 1 rings (SSSR count). The molecule has 106 valence electrons. The van der Waals surface area contributed by atoms with Crippen molar-refractivity contribution in [1.82, 2.24) is 0 Å². The fourth-order valence-electron chi connectivity index (χ4n) is 1.58. The molecule has 0 amide bonds. The van der Waals surface area contributed by atoms with Gasteiger partial charge in [-0.2, -0.15) is 0 Å². The predicted molar refractivity (Wildman–Crippen MR) is 74.2 cm³/mol. The van der Waals surface area contributed by atoms with E-state index in [4.69, 9.17) is 0 Å². The number of hydrogen-bond donors (Lipinski definition) is 1. The summed E-state index contributed by atoms with van der Waals surface area (Å²) >= 11 is 0. The first-order valence-electron chi connectivity index (χ1n) is 5.98. The third kappa shape index (κ3) is 3.92. The van der Waals surface area contributed by atoms with Crippen LogP contribution in [0.25, 0.3) is 0 Å². The van der Waals surface area contributed by atoms with Crippen molar-refractivity contribution in [3.05, 3.63) is 28.3 Å². The Hall–Kier alpha value is -1.63. The van der Waals surface area contributed by atoms with Crippen molar-refractivity contribution in [3.8, 4) is 0 Å². The van der Waals surface area contributed by atoms with Crippen molar-refractivity contribution in [2.24, 2.45) is 5.92 Å². The maximum Gasteiger partial charge on any atom is 0.310 e. The second-order valence-electron chi connectivity index (χ2n) is 4.58. The van der Waals surface area contributed by atoms with Gasteiger partial charge >= 0.3 is 5.69 Å². The molecule has 1 unspecified atom stereocenters. The highest BCUT2D eigenvalue weighted by Crippen LogP contribution is 2.32. The number of para-hydroxylation sites is 1. The molecule has 0 aromatic heterocycles. The van der Waals surface area contributed by atoms with Gasteiger partial charge in [-0.1, -0.05) is 26.3 Å². The summed E-state index contributed by atoms with van der Waals surface area (Å²) in [6.45, 7) is 4.59. The Morgan fingerprint density at radius 2 is 2.05 bits per heavy atom. The number of anilines is 1. The van der Waals surface area contributed by atoms with Gasteiger partial charge in [-0.15, -0.1) is 0 Å². The van der Waals surface area contributed by atoms with Crippen LogP contribution in [0.15, 0.2) is 23.1 Å². The van der Waals surface area contributed by atoms with Crippen LogP contribution in [-0.4, -0.2) is 26.1 Å². The number of hydrogen-bond acceptors (Lipinski definition) is 5. The molecule has 0 aliphatic heterocycles. The number of nitro groups is 1. The Bertz CT molecular complexity index is 569. The molecular weight excluding hydrogens is 268 g/mol. The lowest BCUT2D eigenvalue weighted by molar-refractivity contribution is -0.386. The monoisotopic (exact) mass is 286 g/mol. The lowest BCUT2D eigenvalue weighted by atomic mass is 10.1. The normalized spacial score (nSPS) is 13.0. The zero-order chi connectivity index (χ0) is 14.6. The van der Waals surface area contributed by atoms with E-state index in [-0.39, 0.29) is 16.3 Å². The lowest BCUT2D eigenvalue weighted by Crippen LogP contribution is -2.13. The van der Waals surface area contributed by atoms with Gasteiger partial charge in [0.2, 0.25) is 0 Å². The van der Waals surface area contributed by atoms with Crippen LogP contribution in [0.4, 0.5) is 11.4 Å². The Labute approximate surface area is 112 Å². The molecule has 6 nitrogen and oxygen atoms in total. The van der Waals surface area contributed by atoms with Gasteiger partial charge in [-0.05, 0) is 18.1 Å². The zero-order valence-electron chi connectivity index (χ0n) is 11.2. The third-order valence-electron chi connectivity index (χ3n) is 2.92. The van der Waals surface area contributed by atoms with Gasteiger partial charge in [0.25, 0.3) is 0 Å². The maximum atomic E-state index is 11.6. The lowest BCUT2D eigenvalue weighted by Gasteiger charge is -2.12. The Morgan fingerprint density at radius 3 is 2.53 bits per heavy atom. The van der Waals surface area contributed by atoms with Gasteiger partial charge in [0.1, 0.15) is 10.6 Å². The van der Waals surface area contributed by atoms with Crippen molar-refractivity contribution in [3.63, 3.8) is 0 Å². The van der Waals surface area contributed by atoms with Crippen LogP contribution in [0, 0.1) is 16.0 Å². The summed E-state index contributed by atoms with van der Waals surface area (Å²) in [5.74, 6) is 0.349. The predicted octanol–water partition coefficient (Wildman–Crippen LogP) is 2.46. The van der Waals surface area contributed by atoms with Gasteiger partial charge in [-0.25, -0.2) is 8.42 Å². The quantitative estimate of drug-likeness (QED) is 0.641. The van der Waals surface area contributed by atoms with E-state index in [2.05, 4.69) is 5.32 Å². The molecule has 0 heterocycles. The second-order valence-corrected chi connectivity index (χ2v) is 6.56. The highest BCUT2D eigenvalue weighted by molar-refractivity contribution is 7.90. The largest absolute Gasteiger partial charge is 0.379 e. The van der Waals surface area contributed by atoms with Crippen molar-refractivity contribution in [1.29, 1.82) is 0 Å². The fourth-order valence-corrected chi connectivity index (χ4v) is 2.44. The van der Waals surface area contributed by atoms with E-state index in [0.29, 0.717) is 12.5 Å². The van der Waals surface area contributed by atoms with Crippen LogP contribution in [-0.2, 0) is 9.84 Å². The highest BCUT2D eigenvalue weighted by Gasteiger charge is 2.25. The van der Waals surface area contributed by atoms with Gasteiger partial charge in [-0.3, -0.25) is 10.1 Å². The SMILES string of the molecule is CCC(C)CNc1cccc(S(C)(=O)=O)c1[N+](=O)[O-]. The molecule has 1 atom stereocenters. The minimum Gasteiger partial charge on any atom is -0.379 e. The molecule has 0 saturated heterocycles. The van der Waals surface area contributed by atoms with Gasteiger partial charge in [0.05, 0.1) is 4.92 Å². The minimum atomic E-state index is -3.63. The summed E-state index contributed by atoms with van der Waals surface area (Å²) < 4.78 is 23.1. The first-order valence-corrected chi connectivity index (χ1v) is 7.87. The van der Waals surface area contributed by atoms with Gasteiger partial charge in [0, 0.05) is 12.8 Å². The molecule has 0 aliphatic rings. The van der Waals surface area contributed by atoms with Crippen LogP contribution in [0.5, 0.6) is 0 Å². The number of nitrogens with one attached hydrogen (secondary N) is 1. The maximum absolute atomic E-state index is 11.6. The molecule has 0 aliphatic carbocycles. The van der Waals surface area contributed by atoms with E-state index in [0.717, 1.165) is 12.7 Å². The molecule has 0 fully saturated rings. The van der Waals surface area contributed by atoms with E-state index in [1.807, 2.05) is 13.8 Å². The summed E-state index contributed by atoms with van der Waals surface area (Å²) in [7, 11) is -3.63. The molecule has 1 aromatic carbocycles. The summed E-state index contributed by atoms with van der Waals surface area (Å²) in [4.78, 5) is 10.2. The summed E-state index contributed by atoms with van der Waals surface area (Å²) in [6, 6.07) is 4.28. The van der Waals surface area contributed by atoms with Crippen molar-refractivity contribution < 1.29 is 13.3 Å². The number of nitro benzene ring substituents is 1. The smallest absolute Gasteiger partial charge is 0.310 e. The topological polar surface area (TPSA) is 89.3 Å². The van der Waals surface area contributed by atoms with Crippen LogP contribution < -0.4 is 5.32 Å². The van der Waals surface area contributed by atoms with Crippen LogP contribution in [0.2, 0.25) is 0 Å². The highest BCUT2D eigenvalue weighted by atomic mass is 32.2. The van der Waals surface area contributed by atoms with E-state index in [1.54, 1.807) is 0 Å². The molecule has 0 saturated carbocycles. The molecule has 1 N–H and O–H groups in total. The first-order chi connectivity index (χ1) is 8.77. The van der Waals surface area contributed by atoms with E-state index in [1.165, 1.54) is 18.2 Å². The number of sulfone groups is 1. The van der Waals surface area contributed by atoms with Crippen LogP contribution in [0.3, 0.4) is 0 Å².